The van der Waals surface area contributed by atoms with Crippen LogP contribution in [0.15, 0.2) is 121 Å². The molecule has 0 spiro atoms. The van der Waals surface area contributed by atoms with Crippen molar-refractivity contribution in [2.24, 2.45) is 0 Å². The molecule has 0 atom stereocenters. The maximum atomic E-state index is 10.7. The second-order valence-electron chi connectivity index (χ2n) is 10.5. The Hall–Kier alpha value is -2.63. The van der Waals surface area contributed by atoms with E-state index in [1.54, 1.807) is 13.8 Å². The van der Waals surface area contributed by atoms with Gasteiger partial charge in [-0.1, -0.05) is 97.8 Å². The summed E-state index contributed by atoms with van der Waals surface area (Å²) in [6.45, 7) is 7.88. The van der Waals surface area contributed by atoms with Gasteiger partial charge in [0.25, 0.3) is 0 Å². The van der Waals surface area contributed by atoms with Crippen LogP contribution in [0.2, 0.25) is 0 Å². The van der Waals surface area contributed by atoms with Gasteiger partial charge in [0.2, 0.25) is 0 Å². The second kappa shape index (κ2) is 20.6. The third kappa shape index (κ3) is 11.9. The van der Waals surface area contributed by atoms with Crippen molar-refractivity contribution >= 4 is 73.9 Å². The Morgan fingerprint density at radius 2 is 1.00 bits per heavy atom. The summed E-state index contributed by atoms with van der Waals surface area (Å²) in [4.78, 5) is 21.3. The van der Waals surface area contributed by atoms with Crippen molar-refractivity contribution in [1.29, 1.82) is 0 Å². The van der Waals surface area contributed by atoms with Crippen LogP contribution in [0, 0.1) is 13.8 Å². The molecule has 6 rings (SSSR count). The van der Waals surface area contributed by atoms with Gasteiger partial charge in [-0.05, 0) is 11.1 Å². The number of rotatable bonds is 6. The van der Waals surface area contributed by atoms with E-state index in [2.05, 4.69) is 142 Å². The van der Waals surface area contributed by atoms with Crippen LogP contribution < -0.4 is 6.61 Å². The first kappa shape index (κ1) is 37.8. The van der Waals surface area contributed by atoms with Crippen LogP contribution in [-0.4, -0.2) is 35.3 Å². The van der Waals surface area contributed by atoms with E-state index in [0.717, 1.165) is 0 Å². The molecule has 0 aliphatic carbocycles. The Bertz CT molecular complexity index is 1670. The molecule has 0 bridgehead atoms. The number of halogens is 2. The third-order valence-corrected chi connectivity index (χ3v) is 9.73. The predicted octanol–water partition coefficient (Wildman–Crippen LogP) is 10.0. The summed E-state index contributed by atoms with van der Waals surface area (Å²) in [5, 5.41) is 5.37. The monoisotopic (exact) mass is 829 g/mol. The SMILES string of the molecule is CCC(=O)[NH][In][NH]C(=O)CC.Cc1cc2c(-c3ccccc3)cccc2[cH-]1.Cc1cc2c(-c3ccccc3)cccc2[cH-]1.[Cl][Zr+2][Cl]. The van der Waals surface area contributed by atoms with Gasteiger partial charge in [-0.2, -0.15) is 12.1 Å². The number of fused-ring (bicyclic) bond motifs is 2. The van der Waals surface area contributed by atoms with Gasteiger partial charge in [0, 0.05) is 0 Å². The zero-order chi connectivity index (χ0) is 33.3. The number of carbonyl (C=O) groups excluding carboxylic acids is 2. The zero-order valence-electron chi connectivity index (χ0n) is 26.6. The van der Waals surface area contributed by atoms with E-state index in [4.69, 9.17) is 17.0 Å². The van der Waals surface area contributed by atoms with E-state index in [9.17, 15) is 9.59 Å². The Labute approximate surface area is 303 Å². The van der Waals surface area contributed by atoms with Gasteiger partial charge in [-0.15, -0.1) is 69.1 Å². The molecular formula is C38H38Cl2InN2O2Zr. The molecule has 8 heteroatoms. The fourth-order valence-corrected chi connectivity index (χ4v) is 7.20. The van der Waals surface area contributed by atoms with Gasteiger partial charge in [-0.25, -0.2) is 0 Å². The Morgan fingerprint density at radius 3 is 1.35 bits per heavy atom. The summed E-state index contributed by atoms with van der Waals surface area (Å²) < 4.78 is 5.43. The molecule has 4 nitrogen and oxygen atoms in total. The van der Waals surface area contributed by atoms with Crippen molar-refractivity contribution in [1.82, 2.24) is 6.61 Å². The van der Waals surface area contributed by atoms with E-state index in [0.29, 0.717) is 12.8 Å². The van der Waals surface area contributed by atoms with E-state index in [-0.39, 0.29) is 11.8 Å². The van der Waals surface area contributed by atoms with E-state index in [1.807, 2.05) is 0 Å². The van der Waals surface area contributed by atoms with Crippen LogP contribution in [0.4, 0.5) is 0 Å². The second-order valence-corrected chi connectivity index (χ2v) is 16.7. The molecule has 46 heavy (non-hydrogen) atoms. The summed E-state index contributed by atoms with van der Waals surface area (Å²) >= 11 is -2.15. The molecule has 0 saturated carbocycles. The van der Waals surface area contributed by atoms with Crippen LogP contribution in [-0.2, 0) is 30.4 Å². The van der Waals surface area contributed by atoms with Crippen LogP contribution >= 0.6 is 17.0 Å². The number of aryl methyl sites for hydroxylation is 2. The molecule has 0 saturated heterocycles. The molecule has 6 aromatic rings. The number of hydrogen-bond acceptors (Lipinski definition) is 2. The molecule has 2 N–H and O–H groups in total. The molecule has 0 unspecified atom stereocenters. The normalized spacial score (nSPS) is 9.78. The van der Waals surface area contributed by atoms with Gasteiger partial charge < -0.3 is 0 Å². The summed E-state index contributed by atoms with van der Waals surface area (Å²) in [7, 11) is 9.87. The van der Waals surface area contributed by atoms with Gasteiger partial charge in [0.1, 0.15) is 0 Å². The van der Waals surface area contributed by atoms with Crippen LogP contribution in [0.1, 0.15) is 37.8 Å². The quantitative estimate of drug-likeness (QED) is 0.164. The minimum absolute atomic E-state index is 0.0302. The molecule has 0 aliphatic rings. The molecule has 0 aromatic heterocycles. The average Bonchev–Trinajstić information content (AvgIpc) is 3.67. The van der Waals surface area contributed by atoms with Gasteiger partial charge >= 0.3 is 116 Å². The van der Waals surface area contributed by atoms with E-state index < -0.39 is 44.3 Å². The Morgan fingerprint density at radius 1 is 0.630 bits per heavy atom. The summed E-state index contributed by atoms with van der Waals surface area (Å²) in [5.74, 6) is 0.0604. The van der Waals surface area contributed by atoms with Crippen molar-refractivity contribution in [3.8, 4) is 22.3 Å². The molecule has 0 heterocycles. The molecule has 233 valence electrons. The zero-order valence-corrected chi connectivity index (χ0v) is 33.9. The first-order valence-electron chi connectivity index (χ1n) is 15.1. The van der Waals surface area contributed by atoms with Gasteiger partial charge in [0.15, 0.2) is 0 Å². The standard InChI is InChI=1S/2C16H13.2C3H7NO.2ClH.In.Zr/c2*1-12-10-14-8-5-9-15(16(14)11-12)13-6-3-2-4-7-13;2*1-2-3(4)5;;;;/h2*2-11H,1H3;2*2H2,1H3,(H2,4,5);2*1H;;/q2*-1;;;;;+2;+4/p-4. The Balaban J connectivity index is 0.000000184. The molecule has 2 amide bonds. The van der Waals surface area contributed by atoms with Crippen LogP contribution in [0.3, 0.4) is 0 Å². The predicted molar refractivity (Wildman–Crippen MR) is 194 cm³/mol. The number of nitrogens with one attached hydrogen (secondary N) is 2. The van der Waals surface area contributed by atoms with Crippen molar-refractivity contribution < 1.29 is 30.4 Å². The molecule has 1 radical (unpaired) electrons. The first-order chi connectivity index (χ1) is 22.3. The number of carbonyl (C=O) groups is 2. The van der Waals surface area contributed by atoms with Crippen LogP contribution in [0.5, 0.6) is 0 Å². The summed E-state index contributed by atoms with van der Waals surface area (Å²) in [6.07, 6.45) is 0.988. The van der Waals surface area contributed by atoms with Crippen molar-refractivity contribution in [3.05, 3.63) is 132 Å². The number of benzene rings is 4. The van der Waals surface area contributed by atoms with Crippen molar-refractivity contribution in [2.75, 3.05) is 0 Å². The Kier molecular flexibility index (Phi) is 16.9. The van der Waals surface area contributed by atoms with Crippen LogP contribution in [0.25, 0.3) is 43.8 Å². The molecule has 0 fully saturated rings. The van der Waals surface area contributed by atoms with Crippen molar-refractivity contribution in [2.45, 2.75) is 40.5 Å². The van der Waals surface area contributed by atoms with Gasteiger partial charge in [-0.3, -0.25) is 0 Å². The third-order valence-electron chi connectivity index (χ3n) is 7.07. The number of hydrogen-bond donors (Lipinski definition) is 2. The number of amides is 2. The topological polar surface area (TPSA) is 58.2 Å². The van der Waals surface area contributed by atoms with Gasteiger partial charge in [0.05, 0.1) is 0 Å². The van der Waals surface area contributed by atoms with Crippen molar-refractivity contribution in [3.63, 3.8) is 0 Å². The van der Waals surface area contributed by atoms with E-state index in [1.165, 1.54) is 54.9 Å². The summed E-state index contributed by atoms with van der Waals surface area (Å²) in [6, 6.07) is 43.1. The fraction of sp³-hybridized carbons (Fsp3) is 0.158. The minimum atomic E-state index is -1.32. The molecule has 6 aromatic carbocycles. The molecular weight excluding hydrogens is 793 g/mol. The average molecular weight is 832 g/mol. The first-order valence-corrected chi connectivity index (χ1v) is 24.7. The fourth-order valence-electron chi connectivity index (χ4n) is 4.91. The molecule has 0 aliphatic heterocycles. The van der Waals surface area contributed by atoms with E-state index >= 15 is 0 Å². The maximum absolute atomic E-state index is 10.7. The summed E-state index contributed by atoms with van der Waals surface area (Å²) in [5.41, 5.74) is 7.89.